The SMILES string of the molecule is COc1ccc(C(=O)N2CCN(S(C)(=O)=O)CC2C(=O)N[C@H]2CCCNC2=O)cc1. The third kappa shape index (κ3) is 4.90. The highest BCUT2D eigenvalue weighted by Gasteiger charge is 2.39. The molecule has 1 unspecified atom stereocenters. The molecule has 3 amide bonds. The van der Waals surface area contributed by atoms with Gasteiger partial charge in [0.1, 0.15) is 17.8 Å². The monoisotopic (exact) mass is 438 g/mol. The van der Waals surface area contributed by atoms with Crippen molar-refractivity contribution in [3.63, 3.8) is 0 Å². The predicted molar refractivity (Wildman–Crippen MR) is 108 cm³/mol. The number of hydrogen-bond acceptors (Lipinski definition) is 6. The number of rotatable bonds is 5. The number of carbonyl (C=O) groups excluding carboxylic acids is 3. The van der Waals surface area contributed by atoms with Crippen LogP contribution < -0.4 is 15.4 Å². The van der Waals surface area contributed by atoms with E-state index in [1.165, 1.54) is 16.3 Å². The molecule has 0 spiro atoms. The van der Waals surface area contributed by atoms with E-state index in [2.05, 4.69) is 10.6 Å². The molecule has 30 heavy (non-hydrogen) atoms. The van der Waals surface area contributed by atoms with Crippen molar-refractivity contribution in [1.29, 1.82) is 0 Å². The van der Waals surface area contributed by atoms with Crippen LogP contribution in [0.1, 0.15) is 23.2 Å². The molecule has 1 aromatic carbocycles. The third-order valence-electron chi connectivity index (χ3n) is 5.31. The number of sulfonamides is 1. The van der Waals surface area contributed by atoms with Gasteiger partial charge in [-0.05, 0) is 37.1 Å². The summed E-state index contributed by atoms with van der Waals surface area (Å²) in [5.41, 5.74) is 0.358. The fraction of sp³-hybridized carbons (Fsp3) is 0.526. The summed E-state index contributed by atoms with van der Waals surface area (Å²) in [4.78, 5) is 39.5. The number of ether oxygens (including phenoxy) is 1. The largest absolute Gasteiger partial charge is 0.497 e. The van der Waals surface area contributed by atoms with Crippen molar-refractivity contribution in [2.75, 3.05) is 39.5 Å². The Hall–Kier alpha value is -2.66. The normalized spacial score (nSPS) is 22.9. The van der Waals surface area contributed by atoms with Crippen LogP contribution in [0.4, 0.5) is 0 Å². The van der Waals surface area contributed by atoms with Crippen LogP contribution in [-0.2, 0) is 19.6 Å². The minimum absolute atomic E-state index is 0.0624. The van der Waals surface area contributed by atoms with Gasteiger partial charge in [0.05, 0.1) is 13.4 Å². The smallest absolute Gasteiger partial charge is 0.254 e. The molecule has 0 radical (unpaired) electrons. The molecule has 2 N–H and O–H groups in total. The van der Waals surface area contributed by atoms with Crippen molar-refractivity contribution >= 4 is 27.7 Å². The zero-order valence-electron chi connectivity index (χ0n) is 17.0. The van der Waals surface area contributed by atoms with E-state index >= 15 is 0 Å². The molecule has 2 aliphatic heterocycles. The van der Waals surface area contributed by atoms with Gasteiger partial charge in [-0.1, -0.05) is 0 Å². The molecule has 0 aromatic heterocycles. The zero-order valence-corrected chi connectivity index (χ0v) is 17.8. The van der Waals surface area contributed by atoms with Gasteiger partial charge < -0.3 is 20.3 Å². The summed E-state index contributed by atoms with van der Waals surface area (Å²) in [6.07, 6.45) is 2.29. The van der Waals surface area contributed by atoms with Crippen LogP contribution in [0.3, 0.4) is 0 Å². The van der Waals surface area contributed by atoms with E-state index in [-0.39, 0.29) is 31.4 Å². The molecular formula is C19H26N4O6S. The average molecular weight is 439 g/mol. The maximum absolute atomic E-state index is 13.1. The summed E-state index contributed by atoms with van der Waals surface area (Å²) < 4.78 is 30.3. The molecule has 11 heteroatoms. The molecule has 3 rings (SSSR count). The Labute approximate surface area is 175 Å². The molecular weight excluding hydrogens is 412 g/mol. The highest BCUT2D eigenvalue weighted by molar-refractivity contribution is 7.88. The minimum Gasteiger partial charge on any atom is -0.497 e. The van der Waals surface area contributed by atoms with Crippen molar-refractivity contribution in [3.8, 4) is 5.75 Å². The van der Waals surface area contributed by atoms with Gasteiger partial charge >= 0.3 is 0 Å². The van der Waals surface area contributed by atoms with Crippen molar-refractivity contribution in [3.05, 3.63) is 29.8 Å². The van der Waals surface area contributed by atoms with Crippen molar-refractivity contribution in [2.45, 2.75) is 24.9 Å². The second-order valence-electron chi connectivity index (χ2n) is 7.36. The quantitative estimate of drug-likeness (QED) is 0.619. The number of piperazine rings is 1. The Morgan fingerprint density at radius 1 is 1.20 bits per heavy atom. The number of hydrogen-bond donors (Lipinski definition) is 2. The van der Waals surface area contributed by atoms with Gasteiger partial charge in [-0.2, -0.15) is 4.31 Å². The molecule has 10 nitrogen and oxygen atoms in total. The van der Waals surface area contributed by atoms with Crippen LogP contribution in [0.15, 0.2) is 24.3 Å². The number of benzene rings is 1. The topological polar surface area (TPSA) is 125 Å². The molecule has 2 aliphatic rings. The summed E-state index contributed by atoms with van der Waals surface area (Å²) in [6.45, 7) is 0.542. The molecule has 164 valence electrons. The van der Waals surface area contributed by atoms with Crippen molar-refractivity contribution in [2.24, 2.45) is 0 Å². The number of nitrogens with one attached hydrogen (secondary N) is 2. The maximum Gasteiger partial charge on any atom is 0.254 e. The number of methoxy groups -OCH3 is 1. The number of piperidine rings is 1. The van der Waals surface area contributed by atoms with Crippen LogP contribution in [0.2, 0.25) is 0 Å². The van der Waals surface area contributed by atoms with Crippen LogP contribution >= 0.6 is 0 Å². The summed E-state index contributed by atoms with van der Waals surface area (Å²) >= 11 is 0. The summed E-state index contributed by atoms with van der Waals surface area (Å²) in [7, 11) is -2.02. The summed E-state index contributed by atoms with van der Waals surface area (Å²) in [5, 5.41) is 5.37. The van der Waals surface area contributed by atoms with Crippen molar-refractivity contribution < 1.29 is 27.5 Å². The number of nitrogens with zero attached hydrogens (tertiary/aromatic N) is 2. The highest BCUT2D eigenvalue weighted by atomic mass is 32.2. The van der Waals surface area contributed by atoms with Crippen molar-refractivity contribution in [1.82, 2.24) is 19.8 Å². The van der Waals surface area contributed by atoms with Crippen LogP contribution in [0, 0.1) is 0 Å². The van der Waals surface area contributed by atoms with Gasteiger partial charge in [0, 0.05) is 31.7 Å². The van der Waals surface area contributed by atoms with Gasteiger partial charge in [-0.3, -0.25) is 14.4 Å². The lowest BCUT2D eigenvalue weighted by Crippen LogP contribution is -2.63. The number of carbonyl (C=O) groups is 3. The Morgan fingerprint density at radius 3 is 2.50 bits per heavy atom. The number of amides is 3. The summed E-state index contributed by atoms with van der Waals surface area (Å²) in [6, 6.07) is 4.72. The van der Waals surface area contributed by atoms with E-state index in [4.69, 9.17) is 4.74 Å². The standard InChI is InChI=1S/C19H26N4O6S/c1-29-14-7-5-13(6-8-14)19(26)23-11-10-22(30(2,27)28)12-16(23)18(25)21-15-4-3-9-20-17(15)24/h5-8,15-16H,3-4,9-12H2,1-2H3,(H,20,24)(H,21,25)/t15-,16?/m0/s1. The van der Waals surface area contributed by atoms with E-state index in [0.717, 1.165) is 12.7 Å². The lowest BCUT2D eigenvalue weighted by molar-refractivity contribution is -0.133. The third-order valence-corrected chi connectivity index (χ3v) is 6.58. The zero-order chi connectivity index (χ0) is 21.9. The molecule has 0 aliphatic carbocycles. The van der Waals surface area contributed by atoms with Gasteiger partial charge in [0.25, 0.3) is 5.91 Å². The first-order chi connectivity index (χ1) is 14.2. The Bertz CT molecular complexity index is 917. The second kappa shape index (κ2) is 9.00. The first-order valence-electron chi connectivity index (χ1n) is 9.69. The lowest BCUT2D eigenvalue weighted by atomic mass is 10.0. The average Bonchev–Trinajstić information content (AvgIpc) is 2.74. The van der Waals surface area contributed by atoms with E-state index in [9.17, 15) is 22.8 Å². The highest BCUT2D eigenvalue weighted by Crippen LogP contribution is 2.19. The maximum atomic E-state index is 13.1. The Morgan fingerprint density at radius 2 is 1.90 bits per heavy atom. The van der Waals surface area contributed by atoms with Gasteiger partial charge in [-0.15, -0.1) is 0 Å². The van der Waals surface area contributed by atoms with Gasteiger partial charge in [0.2, 0.25) is 21.8 Å². The first-order valence-corrected chi connectivity index (χ1v) is 11.5. The predicted octanol–water partition coefficient (Wildman–Crippen LogP) is -0.824. The van der Waals surface area contributed by atoms with E-state index < -0.39 is 28.0 Å². The van der Waals surface area contributed by atoms with Crippen LogP contribution in [-0.4, -0.2) is 87.0 Å². The first kappa shape index (κ1) is 22.0. The molecule has 0 saturated carbocycles. The molecule has 2 atom stereocenters. The van der Waals surface area contributed by atoms with Crippen LogP contribution in [0.25, 0.3) is 0 Å². The minimum atomic E-state index is -3.54. The summed E-state index contributed by atoms with van der Waals surface area (Å²) in [5.74, 6) is -0.629. The fourth-order valence-electron chi connectivity index (χ4n) is 3.60. The molecule has 0 bridgehead atoms. The molecule has 1 aromatic rings. The van der Waals surface area contributed by atoms with Gasteiger partial charge in [-0.25, -0.2) is 8.42 Å². The Balaban J connectivity index is 1.82. The van der Waals surface area contributed by atoms with Crippen LogP contribution in [0.5, 0.6) is 5.75 Å². The van der Waals surface area contributed by atoms with E-state index in [0.29, 0.717) is 24.3 Å². The molecule has 2 fully saturated rings. The fourth-order valence-corrected chi connectivity index (χ4v) is 4.43. The van der Waals surface area contributed by atoms with E-state index in [1.807, 2.05) is 0 Å². The van der Waals surface area contributed by atoms with E-state index in [1.54, 1.807) is 24.3 Å². The lowest BCUT2D eigenvalue weighted by Gasteiger charge is -2.40. The van der Waals surface area contributed by atoms with Gasteiger partial charge in [0.15, 0.2) is 0 Å². The molecule has 2 heterocycles. The second-order valence-corrected chi connectivity index (χ2v) is 9.34. The molecule has 2 saturated heterocycles. The Kier molecular flexibility index (Phi) is 6.61.